The summed E-state index contributed by atoms with van der Waals surface area (Å²) in [5, 5.41) is 8.26. The van der Waals surface area contributed by atoms with Crippen molar-refractivity contribution in [2.75, 3.05) is 0 Å². The number of aromatic nitrogens is 3. The van der Waals surface area contributed by atoms with E-state index in [9.17, 15) is 0 Å². The highest BCUT2D eigenvalue weighted by Crippen LogP contribution is 2.35. The maximum atomic E-state index is 6.40. The summed E-state index contributed by atoms with van der Waals surface area (Å²) in [4.78, 5) is 9.21. The Balaban J connectivity index is 0.00000169. The van der Waals surface area contributed by atoms with Gasteiger partial charge in [-0.25, -0.2) is 0 Å². The highest BCUT2D eigenvalue weighted by atomic mass is 35.5. The minimum atomic E-state index is -0.431. The van der Waals surface area contributed by atoms with Crippen LogP contribution in [0.1, 0.15) is 37.2 Å². The molecule has 0 bridgehead atoms. The van der Waals surface area contributed by atoms with Gasteiger partial charge in [0.2, 0.25) is 0 Å². The molecule has 0 radical (unpaired) electrons. The van der Waals surface area contributed by atoms with Gasteiger partial charge in [-0.15, -0.1) is 12.4 Å². The lowest BCUT2D eigenvalue weighted by atomic mass is 9.98. The fourth-order valence-corrected chi connectivity index (χ4v) is 3.77. The van der Waals surface area contributed by atoms with Crippen LogP contribution in [0.2, 0.25) is 0 Å². The van der Waals surface area contributed by atoms with Crippen LogP contribution in [0.3, 0.4) is 0 Å². The van der Waals surface area contributed by atoms with Gasteiger partial charge in [0.05, 0.1) is 22.5 Å². The molecule has 0 saturated heterocycles. The lowest BCUT2D eigenvalue weighted by Crippen LogP contribution is -2.34. The summed E-state index contributed by atoms with van der Waals surface area (Å²) in [6, 6.07) is 6.04. The van der Waals surface area contributed by atoms with E-state index in [0.717, 1.165) is 48.2 Å². The third kappa shape index (κ3) is 2.97. The van der Waals surface area contributed by atoms with Crippen molar-refractivity contribution in [3.63, 3.8) is 0 Å². The second-order valence-corrected chi connectivity index (χ2v) is 6.91. The Hall–Kier alpha value is -1.76. The molecular formula is C17H19ClN4OS. The molecule has 1 fully saturated rings. The lowest BCUT2D eigenvalue weighted by molar-refractivity contribution is 0.372. The Kier molecular flexibility index (Phi) is 4.71. The van der Waals surface area contributed by atoms with Crippen LogP contribution in [0, 0.1) is 6.92 Å². The van der Waals surface area contributed by atoms with Crippen molar-refractivity contribution in [3.8, 4) is 22.7 Å². The predicted octanol–water partition coefficient (Wildman–Crippen LogP) is 4.32. The molecular weight excluding hydrogens is 344 g/mol. The van der Waals surface area contributed by atoms with Gasteiger partial charge in [-0.05, 0) is 43.3 Å². The Morgan fingerprint density at radius 3 is 2.62 bits per heavy atom. The number of rotatable bonds is 3. The van der Waals surface area contributed by atoms with Gasteiger partial charge in [0, 0.05) is 10.9 Å². The van der Waals surface area contributed by atoms with Gasteiger partial charge in [-0.1, -0.05) is 18.0 Å². The first-order valence-electron chi connectivity index (χ1n) is 7.79. The quantitative estimate of drug-likeness (QED) is 0.750. The molecule has 5 nitrogen and oxygen atoms in total. The molecule has 7 heteroatoms. The number of hydrogen-bond acceptors (Lipinski definition) is 6. The maximum Gasteiger partial charge on any atom is 0.259 e. The average Bonchev–Trinajstić information content (AvgIpc) is 3.29. The summed E-state index contributed by atoms with van der Waals surface area (Å²) in [5.41, 5.74) is 9.79. The van der Waals surface area contributed by atoms with Crippen LogP contribution in [0.4, 0.5) is 0 Å². The molecule has 0 atom stereocenters. The maximum absolute atomic E-state index is 6.40. The fraction of sp³-hybridized carbons (Fsp3) is 0.353. The molecule has 1 saturated carbocycles. The van der Waals surface area contributed by atoms with E-state index in [4.69, 9.17) is 10.3 Å². The van der Waals surface area contributed by atoms with Crippen LogP contribution in [-0.4, -0.2) is 15.1 Å². The Labute approximate surface area is 150 Å². The summed E-state index contributed by atoms with van der Waals surface area (Å²) >= 11 is 1.66. The minimum Gasteiger partial charge on any atom is -0.334 e. The third-order valence-electron chi connectivity index (χ3n) is 4.50. The molecule has 0 spiro atoms. The van der Waals surface area contributed by atoms with E-state index in [1.165, 1.54) is 0 Å². The molecule has 2 N–H and O–H groups in total. The fourth-order valence-electron chi connectivity index (χ4n) is 3.12. The molecule has 126 valence electrons. The van der Waals surface area contributed by atoms with Crippen LogP contribution in [0.25, 0.3) is 22.7 Å². The zero-order chi connectivity index (χ0) is 15.9. The van der Waals surface area contributed by atoms with Gasteiger partial charge in [-0.2, -0.15) is 16.3 Å². The molecule has 24 heavy (non-hydrogen) atoms. The molecule has 0 aliphatic heterocycles. The monoisotopic (exact) mass is 362 g/mol. The van der Waals surface area contributed by atoms with Crippen LogP contribution < -0.4 is 5.73 Å². The van der Waals surface area contributed by atoms with Crippen molar-refractivity contribution in [3.05, 3.63) is 40.5 Å². The van der Waals surface area contributed by atoms with Crippen molar-refractivity contribution in [1.29, 1.82) is 0 Å². The smallest absolute Gasteiger partial charge is 0.259 e. The van der Waals surface area contributed by atoms with Gasteiger partial charge in [-0.3, -0.25) is 4.98 Å². The number of hydrogen-bond donors (Lipinski definition) is 1. The van der Waals surface area contributed by atoms with Crippen LogP contribution in [-0.2, 0) is 5.54 Å². The van der Waals surface area contributed by atoms with Gasteiger partial charge in [0.15, 0.2) is 5.82 Å². The molecule has 3 aromatic heterocycles. The second-order valence-electron chi connectivity index (χ2n) is 6.13. The Morgan fingerprint density at radius 1 is 1.17 bits per heavy atom. The third-order valence-corrected chi connectivity index (χ3v) is 5.18. The first-order valence-corrected chi connectivity index (χ1v) is 8.74. The van der Waals surface area contributed by atoms with E-state index in [1.54, 1.807) is 11.3 Å². The minimum absolute atomic E-state index is 0. The molecule has 0 aromatic carbocycles. The van der Waals surface area contributed by atoms with E-state index < -0.39 is 5.54 Å². The largest absolute Gasteiger partial charge is 0.334 e. The summed E-state index contributed by atoms with van der Waals surface area (Å²) in [6.07, 6.45) is 4.08. The van der Waals surface area contributed by atoms with Crippen LogP contribution in [0.15, 0.2) is 33.5 Å². The van der Waals surface area contributed by atoms with Gasteiger partial charge in [0.1, 0.15) is 0 Å². The van der Waals surface area contributed by atoms with Crippen molar-refractivity contribution in [1.82, 2.24) is 15.1 Å². The highest BCUT2D eigenvalue weighted by Gasteiger charge is 2.36. The van der Waals surface area contributed by atoms with E-state index in [2.05, 4.69) is 26.6 Å². The Morgan fingerprint density at radius 2 is 1.96 bits per heavy atom. The van der Waals surface area contributed by atoms with Crippen LogP contribution >= 0.6 is 23.7 Å². The first kappa shape index (κ1) is 17.1. The molecule has 1 aliphatic carbocycles. The highest BCUT2D eigenvalue weighted by molar-refractivity contribution is 7.08. The normalized spacial score (nSPS) is 16.1. The van der Waals surface area contributed by atoms with Crippen molar-refractivity contribution in [2.45, 2.75) is 38.1 Å². The van der Waals surface area contributed by atoms with Gasteiger partial charge < -0.3 is 10.3 Å². The molecule has 1 aliphatic rings. The second kappa shape index (κ2) is 6.63. The number of halogens is 1. The summed E-state index contributed by atoms with van der Waals surface area (Å²) in [5.74, 6) is 1.12. The average molecular weight is 363 g/mol. The topological polar surface area (TPSA) is 77.8 Å². The lowest BCUT2D eigenvalue weighted by Gasteiger charge is -2.17. The van der Waals surface area contributed by atoms with E-state index in [1.807, 2.05) is 24.4 Å². The predicted molar refractivity (Wildman–Crippen MR) is 97.2 cm³/mol. The van der Waals surface area contributed by atoms with Crippen molar-refractivity contribution in [2.24, 2.45) is 5.73 Å². The number of pyridine rings is 1. The molecule has 0 unspecified atom stereocenters. The summed E-state index contributed by atoms with van der Waals surface area (Å²) in [6.45, 7) is 1.96. The SMILES string of the molecule is Cc1nc(-c2ccsc2)ccc1-c1nc(C2(N)CCCC2)no1.Cl. The Bertz CT molecular complexity index is 825. The van der Waals surface area contributed by atoms with Gasteiger partial charge >= 0.3 is 0 Å². The zero-order valence-electron chi connectivity index (χ0n) is 13.4. The summed E-state index contributed by atoms with van der Waals surface area (Å²) < 4.78 is 5.46. The number of thiophene rings is 1. The van der Waals surface area contributed by atoms with Gasteiger partial charge in [0.25, 0.3) is 5.89 Å². The van der Waals surface area contributed by atoms with Crippen molar-refractivity contribution >= 4 is 23.7 Å². The van der Waals surface area contributed by atoms with Crippen molar-refractivity contribution < 1.29 is 4.52 Å². The molecule has 3 heterocycles. The zero-order valence-corrected chi connectivity index (χ0v) is 15.0. The number of nitrogens with two attached hydrogens (primary N) is 1. The summed E-state index contributed by atoms with van der Waals surface area (Å²) in [7, 11) is 0. The first-order chi connectivity index (χ1) is 11.2. The standard InChI is InChI=1S/C17H18N4OS.ClH/c1-11-13(4-5-14(19-11)12-6-9-23-10-12)15-20-16(21-22-15)17(18)7-2-3-8-17;/h4-6,9-10H,2-3,7-8,18H2,1H3;1H. The number of aryl methyl sites for hydroxylation is 1. The molecule has 3 aromatic rings. The molecule has 4 rings (SSSR count). The van der Waals surface area contributed by atoms with E-state index in [-0.39, 0.29) is 12.4 Å². The van der Waals surface area contributed by atoms with E-state index in [0.29, 0.717) is 11.7 Å². The molecule has 0 amide bonds. The number of nitrogens with zero attached hydrogens (tertiary/aromatic N) is 3. The van der Waals surface area contributed by atoms with Crippen LogP contribution in [0.5, 0.6) is 0 Å². The van der Waals surface area contributed by atoms with E-state index >= 15 is 0 Å².